The first-order chi connectivity index (χ1) is 8.17. The lowest BCUT2D eigenvalue weighted by Gasteiger charge is -2.54. The Kier molecular flexibility index (Phi) is 2.97. The van der Waals surface area contributed by atoms with Gasteiger partial charge in [0.1, 0.15) is 0 Å². The molecule has 0 unspecified atom stereocenters. The first-order valence-corrected chi connectivity index (χ1v) is 7.61. The van der Waals surface area contributed by atoms with Crippen LogP contribution >= 0.6 is 11.8 Å². The fraction of sp³-hybridized carbons (Fsp3) is 0.786. The summed E-state index contributed by atoms with van der Waals surface area (Å²) in [5, 5.41) is 9.73. The summed E-state index contributed by atoms with van der Waals surface area (Å²) in [6, 6.07) is 0. The van der Waals surface area contributed by atoms with Crippen LogP contribution < -0.4 is 0 Å². The van der Waals surface area contributed by atoms with E-state index in [1.807, 2.05) is 6.92 Å². The first kappa shape index (κ1) is 11.6. The van der Waals surface area contributed by atoms with Gasteiger partial charge in [0.25, 0.3) is 0 Å². The molecule has 0 saturated heterocycles. The van der Waals surface area contributed by atoms with Gasteiger partial charge < -0.3 is 5.11 Å². The highest BCUT2D eigenvalue weighted by Gasteiger charge is 2.48. The van der Waals surface area contributed by atoms with Crippen molar-refractivity contribution < 1.29 is 9.90 Å². The summed E-state index contributed by atoms with van der Waals surface area (Å²) >= 11 is 1.65. The van der Waals surface area contributed by atoms with Crippen molar-refractivity contribution in [3.8, 4) is 0 Å². The number of hydrogen-bond donors (Lipinski definition) is 1. The van der Waals surface area contributed by atoms with Crippen LogP contribution in [0.2, 0.25) is 0 Å². The number of hydrogen-bond acceptors (Lipinski definition) is 2. The molecule has 0 heterocycles. The maximum Gasteiger partial charge on any atom is 0.341 e. The molecular weight excluding hydrogens is 232 g/mol. The number of thioether (sulfide) groups is 1. The van der Waals surface area contributed by atoms with E-state index in [0.717, 1.165) is 23.7 Å². The molecule has 0 aromatic carbocycles. The van der Waals surface area contributed by atoms with Crippen molar-refractivity contribution in [3.05, 3.63) is 11.0 Å². The van der Waals surface area contributed by atoms with E-state index >= 15 is 0 Å². The normalized spacial score (nSPS) is 44.1. The highest BCUT2D eigenvalue weighted by molar-refractivity contribution is 8.04. The number of rotatable bonds is 3. The number of carboxylic acid groups (broad SMARTS) is 1. The Morgan fingerprint density at radius 3 is 2.06 bits per heavy atom. The molecule has 3 heteroatoms. The van der Waals surface area contributed by atoms with Crippen LogP contribution in [0.3, 0.4) is 0 Å². The predicted octanol–water partition coefficient (Wildman–Crippen LogP) is 3.53. The quantitative estimate of drug-likeness (QED) is 0.781. The molecule has 4 rings (SSSR count). The van der Waals surface area contributed by atoms with Gasteiger partial charge in [-0.25, -0.2) is 4.79 Å². The van der Waals surface area contributed by atoms with E-state index in [-0.39, 0.29) is 0 Å². The SMILES string of the molecule is C/C=C(\SC1C2CC3CC(C2)CC1C3)C(=O)O. The Morgan fingerprint density at radius 2 is 1.65 bits per heavy atom. The van der Waals surface area contributed by atoms with Gasteiger partial charge in [-0.1, -0.05) is 6.08 Å². The molecule has 0 spiro atoms. The summed E-state index contributed by atoms with van der Waals surface area (Å²) in [4.78, 5) is 11.7. The van der Waals surface area contributed by atoms with E-state index in [9.17, 15) is 4.79 Å². The molecule has 4 bridgehead atoms. The number of allylic oxidation sites excluding steroid dienone is 1. The van der Waals surface area contributed by atoms with E-state index in [0.29, 0.717) is 10.2 Å². The smallest absolute Gasteiger partial charge is 0.341 e. The summed E-state index contributed by atoms with van der Waals surface area (Å²) in [6.45, 7) is 1.84. The third-order valence-electron chi connectivity index (χ3n) is 4.88. The second-order valence-corrected chi connectivity index (χ2v) is 7.19. The minimum atomic E-state index is -0.744. The summed E-state index contributed by atoms with van der Waals surface area (Å²) in [5.74, 6) is 2.78. The van der Waals surface area contributed by atoms with Gasteiger partial charge in [-0.2, -0.15) is 0 Å². The molecule has 2 nitrogen and oxygen atoms in total. The molecule has 0 aliphatic heterocycles. The zero-order valence-corrected chi connectivity index (χ0v) is 11.1. The lowest BCUT2D eigenvalue weighted by molar-refractivity contribution is -0.131. The molecule has 0 aromatic rings. The van der Waals surface area contributed by atoms with Crippen molar-refractivity contribution in [2.75, 3.05) is 0 Å². The monoisotopic (exact) mass is 252 g/mol. The maximum absolute atomic E-state index is 11.1. The predicted molar refractivity (Wildman–Crippen MR) is 69.8 cm³/mol. The standard InChI is InChI=1S/C14H20O2S/c1-2-12(14(15)16)17-13-10-4-8-3-9(6-10)7-11(13)5-8/h2,8-11,13H,3-7H2,1H3,(H,15,16)/b12-2-. The van der Waals surface area contributed by atoms with Crippen molar-refractivity contribution in [2.45, 2.75) is 44.3 Å². The van der Waals surface area contributed by atoms with Crippen LogP contribution in [-0.2, 0) is 4.79 Å². The molecule has 0 radical (unpaired) electrons. The maximum atomic E-state index is 11.1. The number of carboxylic acids is 1. The van der Waals surface area contributed by atoms with Crippen LogP contribution in [0.4, 0.5) is 0 Å². The van der Waals surface area contributed by atoms with Gasteiger partial charge in [-0.05, 0) is 62.7 Å². The van der Waals surface area contributed by atoms with Gasteiger partial charge in [0.05, 0.1) is 4.91 Å². The van der Waals surface area contributed by atoms with Crippen molar-refractivity contribution in [1.29, 1.82) is 0 Å². The van der Waals surface area contributed by atoms with Crippen LogP contribution in [0.1, 0.15) is 39.0 Å². The lowest BCUT2D eigenvalue weighted by atomic mass is 9.56. The molecule has 0 amide bonds. The highest BCUT2D eigenvalue weighted by Crippen LogP contribution is 2.57. The minimum absolute atomic E-state index is 0.558. The summed E-state index contributed by atoms with van der Waals surface area (Å²) < 4.78 is 0. The Morgan fingerprint density at radius 1 is 1.12 bits per heavy atom. The Balaban J connectivity index is 1.74. The Labute approximate surface area is 107 Å². The third-order valence-corrected chi connectivity index (χ3v) is 6.58. The van der Waals surface area contributed by atoms with Crippen molar-refractivity contribution >= 4 is 17.7 Å². The molecule has 4 aliphatic carbocycles. The number of carbonyl (C=O) groups is 1. The minimum Gasteiger partial charge on any atom is -0.477 e. The van der Waals surface area contributed by atoms with Crippen molar-refractivity contribution in [1.82, 2.24) is 0 Å². The molecule has 4 fully saturated rings. The molecule has 4 aliphatic rings. The van der Waals surface area contributed by atoms with E-state index in [1.165, 1.54) is 32.1 Å². The van der Waals surface area contributed by atoms with E-state index in [4.69, 9.17) is 5.11 Å². The average Bonchev–Trinajstić information content (AvgIpc) is 2.27. The molecule has 17 heavy (non-hydrogen) atoms. The van der Waals surface area contributed by atoms with Crippen molar-refractivity contribution in [3.63, 3.8) is 0 Å². The van der Waals surface area contributed by atoms with Gasteiger partial charge >= 0.3 is 5.97 Å². The fourth-order valence-electron chi connectivity index (χ4n) is 4.46. The summed E-state index contributed by atoms with van der Waals surface area (Å²) in [7, 11) is 0. The second kappa shape index (κ2) is 4.34. The molecule has 4 saturated carbocycles. The molecule has 1 N–H and O–H groups in total. The zero-order chi connectivity index (χ0) is 12.0. The van der Waals surface area contributed by atoms with E-state index in [2.05, 4.69) is 0 Å². The average molecular weight is 252 g/mol. The second-order valence-electron chi connectivity index (χ2n) is 5.97. The van der Waals surface area contributed by atoms with Gasteiger partial charge in [0.2, 0.25) is 0 Å². The number of aliphatic carboxylic acids is 1. The highest BCUT2D eigenvalue weighted by atomic mass is 32.2. The third kappa shape index (κ3) is 2.03. The topological polar surface area (TPSA) is 37.3 Å². The summed E-state index contributed by atoms with van der Waals surface area (Å²) in [5.41, 5.74) is 0. The van der Waals surface area contributed by atoms with Crippen LogP contribution in [0, 0.1) is 23.7 Å². The Bertz CT molecular complexity index is 333. The summed E-state index contributed by atoms with van der Waals surface area (Å²) in [6.07, 6.45) is 8.67. The van der Waals surface area contributed by atoms with Gasteiger partial charge in [-0.15, -0.1) is 11.8 Å². The molecule has 94 valence electrons. The lowest BCUT2D eigenvalue weighted by Crippen LogP contribution is -2.46. The van der Waals surface area contributed by atoms with Crippen LogP contribution in [-0.4, -0.2) is 16.3 Å². The van der Waals surface area contributed by atoms with Crippen LogP contribution in [0.15, 0.2) is 11.0 Å². The van der Waals surface area contributed by atoms with Crippen LogP contribution in [0.25, 0.3) is 0 Å². The van der Waals surface area contributed by atoms with E-state index in [1.54, 1.807) is 17.8 Å². The largest absolute Gasteiger partial charge is 0.477 e. The van der Waals surface area contributed by atoms with E-state index < -0.39 is 5.97 Å². The van der Waals surface area contributed by atoms with Gasteiger partial charge in [-0.3, -0.25) is 0 Å². The molecular formula is C14H20O2S. The van der Waals surface area contributed by atoms with Gasteiger partial charge in [0, 0.05) is 5.25 Å². The zero-order valence-electron chi connectivity index (χ0n) is 10.3. The first-order valence-electron chi connectivity index (χ1n) is 6.73. The van der Waals surface area contributed by atoms with Gasteiger partial charge in [0.15, 0.2) is 0 Å². The van der Waals surface area contributed by atoms with Crippen molar-refractivity contribution in [2.24, 2.45) is 23.7 Å². The Hall–Kier alpha value is -0.440. The molecule has 0 atom stereocenters. The fourth-order valence-corrected chi connectivity index (χ4v) is 5.82. The molecule has 0 aromatic heterocycles. The van der Waals surface area contributed by atoms with Crippen LogP contribution in [0.5, 0.6) is 0 Å².